The molecule has 7 heteroatoms. The highest BCUT2D eigenvalue weighted by molar-refractivity contribution is 7.98. The number of amides is 1. The molecule has 5 nitrogen and oxygen atoms in total. The van der Waals surface area contributed by atoms with Gasteiger partial charge >= 0.3 is 5.97 Å². The van der Waals surface area contributed by atoms with Crippen LogP contribution in [0.1, 0.15) is 12.8 Å². The number of carbonyl (C=O) groups excluding carboxylic acids is 1. The van der Waals surface area contributed by atoms with Crippen molar-refractivity contribution in [1.29, 1.82) is 0 Å². The number of carboxylic acid groups (broad SMARTS) is 1. The van der Waals surface area contributed by atoms with Gasteiger partial charge in [-0.1, -0.05) is 0 Å². The largest absolute Gasteiger partial charge is 0.480 e. The number of thioether (sulfide) groups is 2. The lowest BCUT2D eigenvalue weighted by Crippen LogP contribution is -2.48. The van der Waals surface area contributed by atoms with E-state index in [2.05, 4.69) is 5.32 Å². The Hall–Kier alpha value is -0.400. The number of carbonyl (C=O) groups is 2. The zero-order chi connectivity index (χ0) is 13.3. The van der Waals surface area contributed by atoms with Crippen LogP contribution in [-0.2, 0) is 9.59 Å². The maximum atomic E-state index is 11.6. The SMILES string of the molecule is CSCCC(NC(=O)[C@H](N)CCSC)C(=O)O. The van der Waals surface area contributed by atoms with E-state index in [0.717, 1.165) is 5.75 Å². The Bertz CT molecular complexity index is 252. The van der Waals surface area contributed by atoms with Crippen LogP contribution < -0.4 is 11.1 Å². The number of hydrogen-bond donors (Lipinski definition) is 3. The van der Waals surface area contributed by atoms with Gasteiger partial charge in [0.25, 0.3) is 0 Å². The maximum absolute atomic E-state index is 11.6. The third-order valence-electron chi connectivity index (χ3n) is 2.19. The van der Waals surface area contributed by atoms with Crippen LogP contribution in [-0.4, -0.2) is 53.1 Å². The highest BCUT2D eigenvalue weighted by Gasteiger charge is 2.22. The minimum Gasteiger partial charge on any atom is -0.480 e. The van der Waals surface area contributed by atoms with Crippen LogP contribution in [0.4, 0.5) is 0 Å². The van der Waals surface area contributed by atoms with Crippen molar-refractivity contribution in [2.24, 2.45) is 5.73 Å². The molecule has 2 atom stereocenters. The Morgan fingerprint density at radius 3 is 2.24 bits per heavy atom. The van der Waals surface area contributed by atoms with E-state index in [1.165, 1.54) is 0 Å². The fraction of sp³-hybridized carbons (Fsp3) is 0.800. The van der Waals surface area contributed by atoms with Crippen molar-refractivity contribution in [2.45, 2.75) is 24.9 Å². The Balaban J connectivity index is 4.15. The summed E-state index contributed by atoms with van der Waals surface area (Å²) in [6.45, 7) is 0. The summed E-state index contributed by atoms with van der Waals surface area (Å²) >= 11 is 3.15. The molecule has 0 aromatic heterocycles. The summed E-state index contributed by atoms with van der Waals surface area (Å²) in [7, 11) is 0. The van der Waals surface area contributed by atoms with E-state index in [-0.39, 0.29) is 5.91 Å². The topological polar surface area (TPSA) is 92.4 Å². The van der Waals surface area contributed by atoms with Crippen LogP contribution in [0.15, 0.2) is 0 Å². The zero-order valence-corrected chi connectivity index (χ0v) is 11.8. The van der Waals surface area contributed by atoms with Crippen molar-refractivity contribution in [3.8, 4) is 0 Å². The molecule has 1 amide bonds. The molecule has 0 spiro atoms. The Morgan fingerprint density at radius 2 is 1.76 bits per heavy atom. The summed E-state index contributed by atoms with van der Waals surface area (Å²) in [6, 6.07) is -1.46. The third kappa shape index (κ3) is 7.51. The van der Waals surface area contributed by atoms with Crippen molar-refractivity contribution < 1.29 is 14.7 Å². The molecule has 0 radical (unpaired) electrons. The lowest BCUT2D eigenvalue weighted by Gasteiger charge is -2.17. The van der Waals surface area contributed by atoms with Crippen LogP contribution in [0.5, 0.6) is 0 Å². The van der Waals surface area contributed by atoms with Crippen molar-refractivity contribution in [1.82, 2.24) is 5.32 Å². The zero-order valence-electron chi connectivity index (χ0n) is 10.1. The maximum Gasteiger partial charge on any atom is 0.326 e. The van der Waals surface area contributed by atoms with Gasteiger partial charge in [0.05, 0.1) is 6.04 Å². The number of nitrogens with one attached hydrogen (secondary N) is 1. The van der Waals surface area contributed by atoms with Crippen LogP contribution in [0, 0.1) is 0 Å². The summed E-state index contributed by atoms with van der Waals surface area (Å²) in [6.07, 6.45) is 4.80. The van der Waals surface area contributed by atoms with Crippen LogP contribution in [0.2, 0.25) is 0 Å². The lowest BCUT2D eigenvalue weighted by molar-refractivity contribution is -0.142. The van der Waals surface area contributed by atoms with Gasteiger partial charge < -0.3 is 16.2 Å². The molecule has 0 aliphatic rings. The molecule has 0 aliphatic carbocycles. The first kappa shape index (κ1) is 16.6. The predicted octanol–water partition coefficient (Wildman–Crippen LogP) is 0.389. The highest BCUT2D eigenvalue weighted by Crippen LogP contribution is 2.03. The van der Waals surface area contributed by atoms with Crippen LogP contribution in [0.25, 0.3) is 0 Å². The Kier molecular flexibility index (Phi) is 9.39. The van der Waals surface area contributed by atoms with Gasteiger partial charge in [0.1, 0.15) is 6.04 Å². The van der Waals surface area contributed by atoms with Crippen molar-refractivity contribution in [3.63, 3.8) is 0 Å². The van der Waals surface area contributed by atoms with Gasteiger partial charge in [-0.05, 0) is 36.9 Å². The van der Waals surface area contributed by atoms with Crippen LogP contribution in [0.3, 0.4) is 0 Å². The van der Waals surface area contributed by atoms with Crippen molar-refractivity contribution in [3.05, 3.63) is 0 Å². The molecule has 100 valence electrons. The summed E-state index contributed by atoms with van der Waals surface area (Å²) < 4.78 is 0. The molecule has 1 unspecified atom stereocenters. The first-order chi connectivity index (χ1) is 8.02. The predicted molar refractivity (Wildman–Crippen MR) is 73.5 cm³/mol. The lowest BCUT2D eigenvalue weighted by atomic mass is 10.2. The molecule has 0 aromatic rings. The number of hydrogen-bond acceptors (Lipinski definition) is 5. The van der Waals surface area contributed by atoms with Gasteiger partial charge in [0.15, 0.2) is 0 Å². The van der Waals surface area contributed by atoms with E-state index in [0.29, 0.717) is 18.6 Å². The quantitative estimate of drug-likeness (QED) is 0.566. The summed E-state index contributed by atoms with van der Waals surface area (Å²) in [5, 5.41) is 11.4. The van der Waals surface area contributed by atoms with Gasteiger partial charge in [-0.15, -0.1) is 0 Å². The second-order valence-corrected chi connectivity index (χ2v) is 5.54. The summed E-state index contributed by atoms with van der Waals surface area (Å²) in [4.78, 5) is 22.5. The smallest absolute Gasteiger partial charge is 0.326 e. The van der Waals surface area contributed by atoms with Gasteiger partial charge in [-0.2, -0.15) is 23.5 Å². The molecule has 0 saturated heterocycles. The summed E-state index contributed by atoms with van der Waals surface area (Å²) in [5.74, 6) is 0.0889. The molecule has 0 aromatic carbocycles. The number of aliphatic carboxylic acids is 1. The molecule has 0 fully saturated rings. The molecular formula is C10H20N2O3S2. The number of rotatable bonds is 9. The van der Waals surface area contributed by atoms with E-state index in [1.807, 2.05) is 12.5 Å². The number of carboxylic acids is 1. The van der Waals surface area contributed by atoms with Crippen molar-refractivity contribution in [2.75, 3.05) is 24.0 Å². The second-order valence-electron chi connectivity index (χ2n) is 3.57. The van der Waals surface area contributed by atoms with E-state index < -0.39 is 18.1 Å². The van der Waals surface area contributed by atoms with E-state index in [9.17, 15) is 9.59 Å². The van der Waals surface area contributed by atoms with E-state index in [1.54, 1.807) is 23.5 Å². The third-order valence-corrected chi connectivity index (χ3v) is 3.48. The average Bonchev–Trinajstić information content (AvgIpc) is 2.30. The van der Waals surface area contributed by atoms with Gasteiger partial charge in [-0.3, -0.25) is 4.79 Å². The van der Waals surface area contributed by atoms with Gasteiger partial charge in [-0.25, -0.2) is 4.79 Å². The van der Waals surface area contributed by atoms with E-state index in [4.69, 9.17) is 10.8 Å². The van der Waals surface area contributed by atoms with Crippen LogP contribution >= 0.6 is 23.5 Å². The molecule has 0 rings (SSSR count). The Morgan fingerprint density at radius 1 is 1.24 bits per heavy atom. The van der Waals surface area contributed by atoms with Crippen molar-refractivity contribution >= 4 is 35.4 Å². The molecule has 0 aliphatic heterocycles. The van der Waals surface area contributed by atoms with E-state index >= 15 is 0 Å². The molecule has 0 saturated carbocycles. The standard InChI is InChI=1S/C10H20N2O3S2/c1-16-5-3-7(11)9(13)12-8(10(14)15)4-6-17-2/h7-8H,3-6,11H2,1-2H3,(H,12,13)(H,14,15)/t7-,8?/m1/s1. The van der Waals surface area contributed by atoms with Gasteiger partial charge in [0.2, 0.25) is 5.91 Å². The first-order valence-electron chi connectivity index (χ1n) is 5.29. The number of nitrogens with two attached hydrogens (primary N) is 1. The monoisotopic (exact) mass is 280 g/mol. The molecule has 0 bridgehead atoms. The molecule has 4 N–H and O–H groups in total. The normalized spacial score (nSPS) is 14.1. The minimum atomic E-state index is -1.01. The molecular weight excluding hydrogens is 260 g/mol. The highest BCUT2D eigenvalue weighted by atomic mass is 32.2. The molecule has 0 heterocycles. The summed E-state index contributed by atoms with van der Waals surface area (Å²) in [5.41, 5.74) is 5.66. The fourth-order valence-electron chi connectivity index (χ4n) is 1.15. The fourth-order valence-corrected chi connectivity index (χ4v) is 2.11. The molecule has 17 heavy (non-hydrogen) atoms. The Labute approximate surface area is 110 Å². The van der Waals surface area contributed by atoms with Gasteiger partial charge in [0, 0.05) is 0 Å². The first-order valence-corrected chi connectivity index (χ1v) is 8.08. The minimum absolute atomic E-state index is 0.382. The second kappa shape index (κ2) is 9.61. The average molecular weight is 280 g/mol.